The zero-order valence-corrected chi connectivity index (χ0v) is 18.3. The van der Waals surface area contributed by atoms with Gasteiger partial charge in [0.05, 0.1) is 6.61 Å². The van der Waals surface area contributed by atoms with E-state index in [9.17, 15) is 15.0 Å². The molecular formula is C26H34N2O3. The van der Waals surface area contributed by atoms with Gasteiger partial charge in [-0.1, -0.05) is 24.0 Å². The minimum absolute atomic E-state index is 0.122. The van der Waals surface area contributed by atoms with Crippen molar-refractivity contribution in [1.29, 1.82) is 0 Å². The number of carbonyl (C=O) groups excluding carboxylic acids is 1. The van der Waals surface area contributed by atoms with Crippen molar-refractivity contribution in [3.63, 3.8) is 0 Å². The molecule has 4 aliphatic rings. The number of aliphatic hydroxyl groups is 2. The summed E-state index contributed by atoms with van der Waals surface area (Å²) in [6.45, 7) is 2.78. The lowest BCUT2D eigenvalue weighted by Crippen LogP contribution is -2.68. The molecule has 0 radical (unpaired) electrons. The van der Waals surface area contributed by atoms with Crippen LogP contribution >= 0.6 is 0 Å². The fourth-order valence-electron chi connectivity index (χ4n) is 5.79. The maximum atomic E-state index is 12.8. The number of rotatable bonds is 3. The molecule has 166 valence electrons. The Balaban J connectivity index is 1.33. The van der Waals surface area contributed by atoms with Crippen molar-refractivity contribution >= 4 is 5.91 Å². The third-order valence-electron chi connectivity index (χ3n) is 7.77. The van der Waals surface area contributed by atoms with Gasteiger partial charge in [0.1, 0.15) is 5.60 Å². The van der Waals surface area contributed by atoms with Crippen molar-refractivity contribution in [3.05, 3.63) is 35.4 Å². The highest BCUT2D eigenvalue weighted by Crippen LogP contribution is 2.42. The van der Waals surface area contributed by atoms with Crippen molar-refractivity contribution in [2.45, 2.75) is 75.0 Å². The summed E-state index contributed by atoms with van der Waals surface area (Å²) < 4.78 is 0. The Morgan fingerprint density at radius 2 is 1.77 bits per heavy atom. The van der Waals surface area contributed by atoms with E-state index in [4.69, 9.17) is 0 Å². The predicted molar refractivity (Wildman–Crippen MR) is 119 cm³/mol. The number of hydrogen-bond donors (Lipinski definition) is 2. The second-order valence-electron chi connectivity index (χ2n) is 9.96. The average Bonchev–Trinajstić information content (AvgIpc) is 3.52. The monoisotopic (exact) mass is 422 g/mol. The number of nitrogens with zero attached hydrogens (tertiary/aromatic N) is 2. The Bertz CT molecular complexity index is 861. The van der Waals surface area contributed by atoms with E-state index in [0.29, 0.717) is 5.91 Å². The third kappa shape index (κ3) is 4.26. The van der Waals surface area contributed by atoms with Crippen LogP contribution in [0.3, 0.4) is 0 Å². The van der Waals surface area contributed by atoms with Gasteiger partial charge >= 0.3 is 0 Å². The fraction of sp³-hybridized carbons (Fsp3) is 0.654. The molecule has 0 unspecified atom stereocenters. The highest BCUT2D eigenvalue weighted by atomic mass is 16.3. The molecule has 5 heteroatoms. The van der Waals surface area contributed by atoms with Gasteiger partial charge in [-0.15, -0.1) is 0 Å². The fourth-order valence-corrected chi connectivity index (χ4v) is 5.79. The first kappa shape index (κ1) is 21.0. The molecule has 2 heterocycles. The average molecular weight is 423 g/mol. The number of fused-ring (bicyclic) bond motifs is 1. The van der Waals surface area contributed by atoms with Crippen LogP contribution < -0.4 is 0 Å². The van der Waals surface area contributed by atoms with Crippen LogP contribution in [-0.2, 0) is 4.79 Å². The lowest BCUT2D eigenvalue weighted by molar-refractivity contribution is -0.137. The van der Waals surface area contributed by atoms with Crippen LogP contribution in [0.2, 0.25) is 0 Å². The van der Waals surface area contributed by atoms with Crippen LogP contribution in [0.15, 0.2) is 24.3 Å². The van der Waals surface area contributed by atoms with Gasteiger partial charge in [0.25, 0.3) is 0 Å². The molecule has 3 atom stereocenters. The van der Waals surface area contributed by atoms with E-state index in [-0.39, 0.29) is 30.5 Å². The van der Waals surface area contributed by atoms with E-state index in [1.54, 1.807) is 0 Å². The van der Waals surface area contributed by atoms with Crippen LogP contribution in [0, 0.1) is 17.8 Å². The van der Waals surface area contributed by atoms with Gasteiger partial charge in [0.15, 0.2) is 0 Å². The molecule has 1 aromatic rings. The van der Waals surface area contributed by atoms with Crippen molar-refractivity contribution < 1.29 is 15.0 Å². The summed E-state index contributed by atoms with van der Waals surface area (Å²) in [4.78, 5) is 17.3. The first-order valence-electron chi connectivity index (χ1n) is 12.1. The summed E-state index contributed by atoms with van der Waals surface area (Å²) in [6, 6.07) is 8.72. The van der Waals surface area contributed by atoms with E-state index in [2.05, 4.69) is 33.8 Å². The minimum Gasteiger partial charge on any atom is -0.395 e. The van der Waals surface area contributed by atoms with Crippen LogP contribution in [0.1, 0.15) is 68.4 Å². The van der Waals surface area contributed by atoms with Gasteiger partial charge in [0.2, 0.25) is 5.91 Å². The topological polar surface area (TPSA) is 64.0 Å². The Kier molecular flexibility index (Phi) is 5.81. The standard InChI is InChI=1S/C26H34N2O3/c29-18-23-24(20-7-5-19(6-8-20)11-14-26(31)12-1-2-13-26)22-17-27(25(30)21-9-10-21)15-3-4-16-28(22)23/h5-8,21-24,29,31H,1-4,9-10,12-13,15-18H2/t22-,23-,24-/m1/s1. The van der Waals surface area contributed by atoms with Crippen molar-refractivity contribution in [1.82, 2.24) is 9.80 Å². The Hall–Kier alpha value is -1.87. The molecule has 2 saturated carbocycles. The maximum Gasteiger partial charge on any atom is 0.225 e. The number of amides is 1. The summed E-state index contributed by atoms with van der Waals surface area (Å²) in [5, 5.41) is 20.6. The summed E-state index contributed by atoms with van der Waals surface area (Å²) in [6.07, 6.45) is 7.85. The lowest BCUT2D eigenvalue weighted by Gasteiger charge is -2.57. The molecule has 1 amide bonds. The number of hydrogen-bond acceptors (Lipinski definition) is 4. The SMILES string of the molecule is O=C(C1CC1)N1CCCCN2[C@H](CO)[C@H](c3ccc(C#CC4(O)CCCC4)cc3)[C@H]2C1. The predicted octanol–water partition coefficient (Wildman–Crippen LogP) is 2.50. The highest BCUT2D eigenvalue weighted by molar-refractivity contribution is 5.81. The van der Waals surface area contributed by atoms with Gasteiger partial charge < -0.3 is 15.1 Å². The zero-order chi connectivity index (χ0) is 21.4. The van der Waals surface area contributed by atoms with Crippen LogP contribution in [0.5, 0.6) is 0 Å². The molecule has 5 rings (SSSR count). The van der Waals surface area contributed by atoms with Gasteiger partial charge in [-0.3, -0.25) is 9.69 Å². The molecule has 0 spiro atoms. The van der Waals surface area contributed by atoms with Crippen LogP contribution in [0.4, 0.5) is 0 Å². The largest absolute Gasteiger partial charge is 0.395 e. The van der Waals surface area contributed by atoms with E-state index in [1.807, 2.05) is 12.1 Å². The molecule has 2 aliphatic carbocycles. The summed E-state index contributed by atoms with van der Waals surface area (Å²) in [7, 11) is 0. The normalized spacial score (nSPS) is 30.4. The summed E-state index contributed by atoms with van der Waals surface area (Å²) in [5.74, 6) is 7.07. The van der Waals surface area contributed by atoms with Crippen molar-refractivity contribution in [3.8, 4) is 11.8 Å². The molecule has 2 N–H and O–H groups in total. The summed E-state index contributed by atoms with van der Waals surface area (Å²) >= 11 is 0. The molecule has 31 heavy (non-hydrogen) atoms. The first-order valence-corrected chi connectivity index (χ1v) is 12.1. The number of aliphatic hydroxyl groups excluding tert-OH is 1. The van der Waals surface area contributed by atoms with Gasteiger partial charge in [-0.05, 0) is 75.6 Å². The second kappa shape index (κ2) is 8.58. The molecule has 1 aromatic carbocycles. The smallest absolute Gasteiger partial charge is 0.225 e. The molecule has 0 bridgehead atoms. The quantitative estimate of drug-likeness (QED) is 0.735. The Labute approximate surface area is 185 Å². The maximum absolute atomic E-state index is 12.8. The lowest BCUT2D eigenvalue weighted by atomic mass is 9.74. The van der Waals surface area contributed by atoms with Crippen molar-refractivity contribution in [2.75, 3.05) is 26.2 Å². The van der Waals surface area contributed by atoms with Gasteiger partial charge in [0, 0.05) is 42.6 Å². The molecule has 5 nitrogen and oxygen atoms in total. The molecule has 2 saturated heterocycles. The van der Waals surface area contributed by atoms with E-state index in [1.165, 1.54) is 5.56 Å². The Morgan fingerprint density at radius 3 is 2.45 bits per heavy atom. The third-order valence-corrected chi connectivity index (χ3v) is 7.77. The zero-order valence-electron chi connectivity index (χ0n) is 18.3. The number of carbonyl (C=O) groups is 1. The Morgan fingerprint density at radius 1 is 1.06 bits per heavy atom. The molecule has 0 aromatic heterocycles. The minimum atomic E-state index is -0.814. The van der Waals surface area contributed by atoms with Gasteiger partial charge in [-0.2, -0.15) is 0 Å². The highest BCUT2D eigenvalue weighted by Gasteiger charge is 2.50. The van der Waals surface area contributed by atoms with E-state index in [0.717, 1.165) is 76.6 Å². The summed E-state index contributed by atoms with van der Waals surface area (Å²) in [5.41, 5.74) is 1.32. The molecule has 4 fully saturated rings. The first-order chi connectivity index (χ1) is 15.1. The molecular weight excluding hydrogens is 388 g/mol. The van der Waals surface area contributed by atoms with Crippen LogP contribution in [0.25, 0.3) is 0 Å². The van der Waals surface area contributed by atoms with E-state index >= 15 is 0 Å². The second-order valence-corrected chi connectivity index (χ2v) is 9.96. The van der Waals surface area contributed by atoms with E-state index < -0.39 is 5.60 Å². The molecule has 2 aliphatic heterocycles. The van der Waals surface area contributed by atoms with Crippen LogP contribution in [-0.4, -0.2) is 69.8 Å². The van der Waals surface area contributed by atoms with Crippen molar-refractivity contribution in [2.24, 2.45) is 5.92 Å². The number of benzene rings is 1. The van der Waals surface area contributed by atoms with Gasteiger partial charge in [-0.25, -0.2) is 0 Å².